The van der Waals surface area contributed by atoms with Crippen LogP contribution < -0.4 is 15.4 Å². The largest absolute Gasteiger partial charge is 0.482 e. The second-order valence-electron chi connectivity index (χ2n) is 8.86. The summed E-state index contributed by atoms with van der Waals surface area (Å²) in [6.45, 7) is 7.07. The van der Waals surface area contributed by atoms with E-state index in [0.29, 0.717) is 6.04 Å². The number of nitrogens with one attached hydrogen (secondary N) is 2. The summed E-state index contributed by atoms with van der Waals surface area (Å²) in [7, 11) is 0. The zero-order chi connectivity index (χ0) is 25.8. The molecule has 36 heavy (non-hydrogen) atoms. The molecule has 192 valence electrons. The zero-order valence-corrected chi connectivity index (χ0v) is 21.7. The summed E-state index contributed by atoms with van der Waals surface area (Å²) < 4.78 is 27.4. The molecule has 1 fully saturated rings. The number of anilines is 1. The lowest BCUT2D eigenvalue weighted by Gasteiger charge is -2.22. The van der Waals surface area contributed by atoms with Gasteiger partial charge >= 0.3 is 6.09 Å². The molecule has 1 aliphatic heterocycles. The Kier molecular flexibility index (Phi) is 8.33. The molecule has 1 atom stereocenters. The predicted octanol–water partition coefficient (Wildman–Crippen LogP) is 6.41. The molecule has 3 heterocycles. The molecular formula is C25H28Cl2FN5O3. The van der Waals surface area contributed by atoms with Gasteiger partial charge in [0.2, 0.25) is 0 Å². The second-order valence-corrected chi connectivity index (χ2v) is 9.64. The highest BCUT2D eigenvalue weighted by atomic mass is 35.5. The molecule has 3 aromatic rings. The number of amides is 1. The van der Waals surface area contributed by atoms with Crippen LogP contribution in [-0.2, 0) is 4.74 Å². The SMILES string of the molecule is CC(C)OC(=O)Nc1ncc(-c2cnn(C3CCNCC3)c2)cc1O[C@H](C)c1c(Cl)ccc(F)c1Cl. The number of hydrogen-bond donors (Lipinski definition) is 2. The van der Waals surface area contributed by atoms with Crippen LogP contribution >= 0.6 is 23.2 Å². The van der Waals surface area contributed by atoms with Gasteiger partial charge in [0.1, 0.15) is 11.9 Å². The first-order valence-electron chi connectivity index (χ1n) is 11.8. The molecule has 0 aliphatic carbocycles. The average molecular weight is 536 g/mol. The molecular weight excluding hydrogens is 508 g/mol. The number of hydrogen-bond acceptors (Lipinski definition) is 6. The van der Waals surface area contributed by atoms with E-state index in [1.54, 1.807) is 39.2 Å². The highest BCUT2D eigenvalue weighted by molar-refractivity contribution is 6.36. The molecule has 11 heteroatoms. The molecule has 0 bridgehead atoms. The molecule has 0 unspecified atom stereocenters. The molecule has 2 N–H and O–H groups in total. The number of rotatable bonds is 7. The minimum atomic E-state index is -0.753. The first-order valence-corrected chi connectivity index (χ1v) is 12.5. The number of carbonyl (C=O) groups excluding carboxylic acids is 1. The Morgan fingerprint density at radius 1 is 1.19 bits per heavy atom. The van der Waals surface area contributed by atoms with E-state index in [4.69, 9.17) is 32.7 Å². The molecule has 0 saturated carbocycles. The van der Waals surface area contributed by atoms with E-state index < -0.39 is 18.0 Å². The van der Waals surface area contributed by atoms with Crippen LogP contribution in [0.4, 0.5) is 15.0 Å². The molecule has 8 nitrogen and oxygen atoms in total. The van der Waals surface area contributed by atoms with E-state index in [-0.39, 0.29) is 33.3 Å². The summed E-state index contributed by atoms with van der Waals surface area (Å²) in [6, 6.07) is 4.67. The first kappa shape index (κ1) is 26.2. The third-order valence-electron chi connectivity index (χ3n) is 5.82. The Hall–Kier alpha value is -2.88. The van der Waals surface area contributed by atoms with E-state index in [2.05, 4.69) is 20.7 Å². The normalized spacial score (nSPS) is 15.1. The maximum atomic E-state index is 14.1. The van der Waals surface area contributed by atoms with Gasteiger partial charge in [0.05, 0.1) is 23.4 Å². The summed E-state index contributed by atoms with van der Waals surface area (Å²) in [4.78, 5) is 16.7. The Morgan fingerprint density at radius 2 is 1.94 bits per heavy atom. The quantitative estimate of drug-likeness (QED) is 0.339. The lowest BCUT2D eigenvalue weighted by atomic mass is 10.1. The fourth-order valence-corrected chi connectivity index (χ4v) is 4.73. The van der Waals surface area contributed by atoms with Gasteiger partial charge < -0.3 is 14.8 Å². The lowest BCUT2D eigenvalue weighted by Crippen LogP contribution is -2.29. The van der Waals surface area contributed by atoms with Gasteiger partial charge in [0.15, 0.2) is 11.6 Å². The van der Waals surface area contributed by atoms with Crippen LogP contribution in [0.25, 0.3) is 11.1 Å². The van der Waals surface area contributed by atoms with Crippen molar-refractivity contribution in [2.45, 2.75) is 51.9 Å². The van der Waals surface area contributed by atoms with E-state index in [9.17, 15) is 9.18 Å². The molecule has 2 aromatic heterocycles. The van der Waals surface area contributed by atoms with Crippen molar-refractivity contribution in [2.24, 2.45) is 0 Å². The summed E-state index contributed by atoms with van der Waals surface area (Å²) in [5, 5.41) is 10.6. The van der Waals surface area contributed by atoms with Crippen LogP contribution in [0.3, 0.4) is 0 Å². The van der Waals surface area contributed by atoms with Gasteiger partial charge in [-0.2, -0.15) is 5.10 Å². The Labute approximate surface area is 219 Å². The third-order valence-corrected chi connectivity index (χ3v) is 6.54. The van der Waals surface area contributed by atoms with E-state index in [1.165, 1.54) is 12.1 Å². The smallest absolute Gasteiger partial charge is 0.413 e. The number of halogens is 3. The molecule has 0 spiro atoms. The maximum absolute atomic E-state index is 14.1. The molecule has 1 aliphatic rings. The van der Waals surface area contributed by atoms with Crippen molar-refractivity contribution in [2.75, 3.05) is 18.4 Å². The highest BCUT2D eigenvalue weighted by Crippen LogP contribution is 2.38. The Bertz CT molecular complexity index is 1230. The number of ether oxygens (including phenoxy) is 2. The van der Waals surface area contributed by atoms with Gasteiger partial charge in [-0.15, -0.1) is 0 Å². The van der Waals surface area contributed by atoms with Gasteiger partial charge in [-0.1, -0.05) is 23.2 Å². The Morgan fingerprint density at radius 3 is 2.67 bits per heavy atom. The third kappa shape index (κ3) is 6.08. The van der Waals surface area contributed by atoms with E-state index in [1.807, 2.05) is 10.9 Å². The predicted molar refractivity (Wildman–Crippen MR) is 137 cm³/mol. The number of pyridine rings is 1. The molecule has 1 amide bonds. The fourth-order valence-electron chi connectivity index (χ4n) is 4.05. The highest BCUT2D eigenvalue weighted by Gasteiger charge is 2.22. The van der Waals surface area contributed by atoms with Crippen molar-refractivity contribution >= 4 is 35.1 Å². The number of carbonyl (C=O) groups is 1. The van der Waals surface area contributed by atoms with Crippen LogP contribution in [0.15, 0.2) is 36.8 Å². The van der Waals surface area contributed by atoms with Gasteiger partial charge in [0.25, 0.3) is 0 Å². The number of nitrogens with zero attached hydrogens (tertiary/aromatic N) is 3. The molecule has 0 radical (unpaired) electrons. The van der Waals surface area contributed by atoms with Crippen LogP contribution in [0, 0.1) is 5.82 Å². The van der Waals surface area contributed by atoms with E-state index in [0.717, 1.165) is 37.1 Å². The van der Waals surface area contributed by atoms with E-state index >= 15 is 0 Å². The minimum Gasteiger partial charge on any atom is -0.482 e. The summed E-state index contributed by atoms with van der Waals surface area (Å²) in [5.41, 5.74) is 1.87. The fraction of sp³-hybridized carbons (Fsp3) is 0.400. The molecule has 4 rings (SSSR count). The van der Waals surface area contributed by atoms with Gasteiger partial charge in [0, 0.05) is 34.1 Å². The van der Waals surface area contributed by atoms with Crippen molar-refractivity contribution in [3.05, 3.63) is 58.2 Å². The summed E-state index contributed by atoms with van der Waals surface area (Å²) in [5.74, 6) is -0.222. The summed E-state index contributed by atoms with van der Waals surface area (Å²) >= 11 is 12.5. The Balaban J connectivity index is 1.66. The van der Waals surface area contributed by atoms with Crippen LogP contribution in [0.1, 0.15) is 51.3 Å². The molecule has 1 saturated heterocycles. The van der Waals surface area contributed by atoms with Crippen molar-refractivity contribution in [1.29, 1.82) is 0 Å². The van der Waals surface area contributed by atoms with Crippen LogP contribution in [0.2, 0.25) is 10.0 Å². The van der Waals surface area contributed by atoms with Crippen molar-refractivity contribution < 1.29 is 18.7 Å². The van der Waals surface area contributed by atoms with Gasteiger partial charge in [-0.05, 0) is 64.9 Å². The lowest BCUT2D eigenvalue weighted by molar-refractivity contribution is 0.129. The average Bonchev–Trinajstić information content (AvgIpc) is 3.33. The molecule has 1 aromatic carbocycles. The topological polar surface area (TPSA) is 90.3 Å². The van der Waals surface area contributed by atoms with Gasteiger partial charge in [-0.25, -0.2) is 14.2 Å². The minimum absolute atomic E-state index is 0.129. The monoisotopic (exact) mass is 535 g/mol. The zero-order valence-electron chi connectivity index (χ0n) is 20.2. The van der Waals surface area contributed by atoms with Crippen molar-refractivity contribution in [3.8, 4) is 16.9 Å². The maximum Gasteiger partial charge on any atom is 0.413 e. The summed E-state index contributed by atoms with van der Waals surface area (Å²) in [6.07, 6.45) is 5.61. The number of piperidine rings is 1. The van der Waals surface area contributed by atoms with Crippen LogP contribution in [-0.4, -0.2) is 40.1 Å². The number of aromatic nitrogens is 3. The number of benzene rings is 1. The van der Waals surface area contributed by atoms with Gasteiger partial charge in [-0.3, -0.25) is 10.00 Å². The van der Waals surface area contributed by atoms with Crippen molar-refractivity contribution in [3.63, 3.8) is 0 Å². The van der Waals surface area contributed by atoms with Crippen LogP contribution in [0.5, 0.6) is 5.75 Å². The second kappa shape index (κ2) is 11.5. The first-order chi connectivity index (χ1) is 17.2. The van der Waals surface area contributed by atoms with Crippen molar-refractivity contribution in [1.82, 2.24) is 20.1 Å². The standard InChI is InChI=1S/C25H28Cl2FN5O3/c1-14(2)35-25(34)32-24-21(36-15(3)22-19(26)4-5-20(28)23(22)27)10-16(11-30-24)17-12-31-33(13-17)18-6-8-29-9-7-18/h4-5,10-15,18,29H,6-9H2,1-3H3,(H,30,32,34)/t15-/m1/s1.